The SMILES string of the molecule is CCCCNC(=O)[C@H](Cc1ccccc1)N(Cc1cccc(Cl)c1)C(=O)CN(c1cc(Cl)ccc1OC)S(=O)(=O)c1ccc(C)c([N+](=O)[O-])c1. The molecule has 0 radical (unpaired) electrons. The second-order valence-corrected chi connectivity index (χ2v) is 14.3. The van der Waals surface area contributed by atoms with Gasteiger partial charge in [-0.05, 0) is 60.9 Å². The maximum absolute atomic E-state index is 14.7. The first-order chi connectivity index (χ1) is 23.8. The molecule has 1 N–H and O–H groups in total. The molecule has 264 valence electrons. The first kappa shape index (κ1) is 38.2. The monoisotopic (exact) mass is 740 g/mol. The van der Waals surface area contributed by atoms with Crippen LogP contribution < -0.4 is 14.4 Å². The number of unbranched alkanes of at least 4 members (excludes halogenated alkanes) is 1. The zero-order valence-corrected chi connectivity index (χ0v) is 30.2. The average molecular weight is 742 g/mol. The normalized spacial score (nSPS) is 11.8. The molecule has 0 aliphatic heterocycles. The van der Waals surface area contributed by atoms with E-state index in [2.05, 4.69) is 5.32 Å². The zero-order chi connectivity index (χ0) is 36.4. The van der Waals surface area contributed by atoms with E-state index < -0.39 is 49.9 Å². The number of carbonyl (C=O) groups excluding carboxylic acids is 2. The molecular formula is C36H38Cl2N4O7S. The Hall–Kier alpha value is -4.65. The Morgan fingerprint density at radius 1 is 0.940 bits per heavy atom. The van der Waals surface area contributed by atoms with Crippen LogP contribution in [-0.2, 0) is 32.6 Å². The molecule has 0 saturated carbocycles. The number of hydrogen-bond donors (Lipinski definition) is 1. The third kappa shape index (κ3) is 9.52. The molecule has 4 aromatic carbocycles. The highest BCUT2D eigenvalue weighted by Crippen LogP contribution is 2.36. The third-order valence-electron chi connectivity index (χ3n) is 8.00. The lowest BCUT2D eigenvalue weighted by Gasteiger charge is -2.34. The van der Waals surface area contributed by atoms with Crippen LogP contribution in [0.3, 0.4) is 0 Å². The van der Waals surface area contributed by atoms with Crippen molar-refractivity contribution in [2.75, 3.05) is 24.5 Å². The number of sulfonamides is 1. The van der Waals surface area contributed by atoms with E-state index in [1.165, 1.54) is 49.3 Å². The zero-order valence-electron chi connectivity index (χ0n) is 27.8. The highest BCUT2D eigenvalue weighted by molar-refractivity contribution is 7.92. The van der Waals surface area contributed by atoms with Gasteiger partial charge in [-0.2, -0.15) is 0 Å². The van der Waals surface area contributed by atoms with Gasteiger partial charge in [-0.15, -0.1) is 0 Å². The third-order valence-corrected chi connectivity index (χ3v) is 10.2. The van der Waals surface area contributed by atoms with E-state index in [1.54, 1.807) is 24.3 Å². The minimum absolute atomic E-state index is 0.0759. The molecule has 0 bridgehead atoms. The van der Waals surface area contributed by atoms with Crippen LogP contribution in [0.5, 0.6) is 5.75 Å². The van der Waals surface area contributed by atoms with E-state index in [9.17, 15) is 28.1 Å². The van der Waals surface area contributed by atoms with Gasteiger partial charge in [-0.3, -0.25) is 24.0 Å². The van der Waals surface area contributed by atoms with Gasteiger partial charge in [0.25, 0.3) is 15.7 Å². The summed E-state index contributed by atoms with van der Waals surface area (Å²) in [6.07, 6.45) is 1.68. The van der Waals surface area contributed by atoms with E-state index in [-0.39, 0.29) is 35.0 Å². The quantitative estimate of drug-likeness (QED) is 0.0744. The highest BCUT2D eigenvalue weighted by atomic mass is 35.5. The Morgan fingerprint density at radius 3 is 2.30 bits per heavy atom. The molecule has 4 rings (SSSR count). The summed E-state index contributed by atoms with van der Waals surface area (Å²) in [5, 5.41) is 15.3. The van der Waals surface area contributed by atoms with Crippen molar-refractivity contribution in [3.05, 3.63) is 128 Å². The van der Waals surface area contributed by atoms with Crippen molar-refractivity contribution >= 4 is 56.4 Å². The lowest BCUT2D eigenvalue weighted by molar-refractivity contribution is -0.385. The Morgan fingerprint density at radius 2 is 1.64 bits per heavy atom. The predicted octanol–water partition coefficient (Wildman–Crippen LogP) is 6.97. The summed E-state index contributed by atoms with van der Waals surface area (Å²) in [5.74, 6) is -1.07. The molecule has 0 aromatic heterocycles. The highest BCUT2D eigenvalue weighted by Gasteiger charge is 2.36. The van der Waals surface area contributed by atoms with Crippen LogP contribution in [0.25, 0.3) is 0 Å². The van der Waals surface area contributed by atoms with E-state index >= 15 is 0 Å². The standard InChI is InChI=1S/C36H38Cl2N4O7S/c1-4-5-18-39-36(44)33(20-26-10-7-6-8-11-26)40(23-27-12-9-13-28(37)19-27)35(43)24-41(32-21-29(38)15-17-34(32)49-3)50(47,48)30-16-14-25(2)31(22-30)42(45)46/h6-17,19,21-22,33H,4-5,18,20,23-24H2,1-3H3,(H,39,44)/t33-/m0/s1. The summed E-state index contributed by atoms with van der Waals surface area (Å²) in [7, 11) is -3.35. The van der Waals surface area contributed by atoms with Crippen LogP contribution in [0.1, 0.15) is 36.5 Å². The van der Waals surface area contributed by atoms with E-state index in [4.69, 9.17) is 27.9 Å². The molecular weight excluding hydrogens is 703 g/mol. The first-order valence-electron chi connectivity index (χ1n) is 15.8. The number of anilines is 1. The van der Waals surface area contributed by atoms with Crippen LogP contribution in [-0.4, -0.2) is 56.3 Å². The summed E-state index contributed by atoms with van der Waals surface area (Å²) < 4.78 is 35.2. The van der Waals surface area contributed by atoms with Crippen molar-refractivity contribution in [2.24, 2.45) is 0 Å². The van der Waals surface area contributed by atoms with Gasteiger partial charge in [0, 0.05) is 41.2 Å². The summed E-state index contributed by atoms with van der Waals surface area (Å²) in [6, 6.07) is 22.7. The Kier molecular flexibility index (Phi) is 13.2. The van der Waals surface area contributed by atoms with Gasteiger partial charge >= 0.3 is 0 Å². The number of nitrogens with zero attached hydrogens (tertiary/aromatic N) is 3. The number of nitrogens with one attached hydrogen (secondary N) is 1. The number of hydrogen-bond acceptors (Lipinski definition) is 7. The van der Waals surface area contributed by atoms with Gasteiger partial charge in [0.2, 0.25) is 11.8 Å². The molecule has 0 aliphatic rings. The molecule has 0 fully saturated rings. The first-order valence-corrected chi connectivity index (χ1v) is 18.0. The van der Waals surface area contributed by atoms with Crippen molar-refractivity contribution in [2.45, 2.75) is 50.6 Å². The fraction of sp³-hybridized carbons (Fsp3) is 0.278. The molecule has 4 aromatic rings. The minimum atomic E-state index is -4.69. The van der Waals surface area contributed by atoms with Gasteiger partial charge in [0.05, 0.1) is 22.6 Å². The van der Waals surface area contributed by atoms with E-state index in [0.717, 1.165) is 28.8 Å². The van der Waals surface area contributed by atoms with Crippen LogP contribution in [0.15, 0.2) is 95.9 Å². The number of methoxy groups -OCH3 is 1. The molecule has 0 spiro atoms. The fourth-order valence-electron chi connectivity index (χ4n) is 5.34. The van der Waals surface area contributed by atoms with Crippen LogP contribution in [0.2, 0.25) is 10.0 Å². The van der Waals surface area contributed by atoms with Crippen molar-refractivity contribution in [3.63, 3.8) is 0 Å². The Labute approximate surface area is 302 Å². The van der Waals surface area contributed by atoms with Gasteiger partial charge in [-0.25, -0.2) is 8.42 Å². The fourth-order valence-corrected chi connectivity index (χ4v) is 7.15. The number of rotatable bonds is 16. The molecule has 11 nitrogen and oxygen atoms in total. The van der Waals surface area contributed by atoms with Crippen molar-refractivity contribution < 1.29 is 27.7 Å². The Bertz CT molecular complexity index is 1940. The van der Waals surface area contributed by atoms with Gasteiger partial charge in [0.1, 0.15) is 18.3 Å². The molecule has 1 atom stereocenters. The number of nitro benzene ring substituents is 1. The smallest absolute Gasteiger partial charge is 0.273 e. The molecule has 2 amide bonds. The van der Waals surface area contributed by atoms with Crippen molar-refractivity contribution in [1.82, 2.24) is 10.2 Å². The number of nitro groups is 1. The van der Waals surface area contributed by atoms with E-state index in [1.807, 2.05) is 37.3 Å². The van der Waals surface area contributed by atoms with Crippen LogP contribution in [0.4, 0.5) is 11.4 Å². The molecule has 0 unspecified atom stereocenters. The topological polar surface area (TPSA) is 139 Å². The summed E-state index contributed by atoms with van der Waals surface area (Å²) in [5.41, 5.74) is 1.15. The Balaban J connectivity index is 1.88. The van der Waals surface area contributed by atoms with Gasteiger partial charge < -0.3 is 15.0 Å². The second kappa shape index (κ2) is 17.3. The lowest BCUT2D eigenvalue weighted by atomic mass is 10.0. The van der Waals surface area contributed by atoms with Gasteiger partial charge in [0.15, 0.2) is 0 Å². The summed E-state index contributed by atoms with van der Waals surface area (Å²) in [4.78, 5) is 40.6. The largest absolute Gasteiger partial charge is 0.495 e. The minimum Gasteiger partial charge on any atom is -0.495 e. The maximum Gasteiger partial charge on any atom is 0.273 e. The van der Waals surface area contributed by atoms with E-state index in [0.29, 0.717) is 17.1 Å². The molecule has 50 heavy (non-hydrogen) atoms. The number of carbonyl (C=O) groups is 2. The molecule has 0 heterocycles. The lowest BCUT2D eigenvalue weighted by Crippen LogP contribution is -2.53. The predicted molar refractivity (Wildman–Crippen MR) is 194 cm³/mol. The summed E-state index contributed by atoms with van der Waals surface area (Å²) >= 11 is 12.6. The summed E-state index contributed by atoms with van der Waals surface area (Å²) in [6.45, 7) is 2.96. The number of halogens is 2. The van der Waals surface area contributed by atoms with Crippen molar-refractivity contribution in [1.29, 1.82) is 0 Å². The number of ether oxygens (including phenoxy) is 1. The maximum atomic E-state index is 14.7. The molecule has 0 aliphatic carbocycles. The number of aryl methyl sites for hydroxylation is 1. The molecule has 0 saturated heterocycles. The number of amides is 2. The molecule has 14 heteroatoms. The van der Waals surface area contributed by atoms with Crippen molar-refractivity contribution in [3.8, 4) is 5.75 Å². The average Bonchev–Trinajstić information content (AvgIpc) is 3.09. The van der Waals surface area contributed by atoms with Crippen LogP contribution in [0, 0.1) is 17.0 Å². The van der Waals surface area contributed by atoms with Crippen LogP contribution >= 0.6 is 23.2 Å². The number of benzene rings is 4. The van der Waals surface area contributed by atoms with Gasteiger partial charge in [-0.1, -0.05) is 85.1 Å². The second-order valence-electron chi connectivity index (χ2n) is 11.5.